The summed E-state index contributed by atoms with van der Waals surface area (Å²) in [5.41, 5.74) is 2.86. The van der Waals surface area contributed by atoms with Crippen molar-refractivity contribution in [3.63, 3.8) is 0 Å². The molecule has 0 bridgehead atoms. The van der Waals surface area contributed by atoms with Gasteiger partial charge in [0.25, 0.3) is 5.91 Å². The number of halogens is 1. The fourth-order valence-electron chi connectivity index (χ4n) is 3.69. The molecule has 2 atom stereocenters. The van der Waals surface area contributed by atoms with Gasteiger partial charge in [-0.1, -0.05) is 42.6 Å². The topological polar surface area (TPSA) is 84.3 Å². The Labute approximate surface area is 186 Å². The van der Waals surface area contributed by atoms with Crippen LogP contribution in [-0.4, -0.2) is 33.1 Å². The van der Waals surface area contributed by atoms with E-state index in [-0.39, 0.29) is 11.9 Å². The van der Waals surface area contributed by atoms with Crippen LogP contribution in [0.15, 0.2) is 61.1 Å². The van der Waals surface area contributed by atoms with Crippen LogP contribution in [0, 0.1) is 0 Å². The van der Waals surface area contributed by atoms with E-state index in [2.05, 4.69) is 15.3 Å². The molecule has 2 N–H and O–H groups in total. The van der Waals surface area contributed by atoms with E-state index in [1.54, 1.807) is 30.6 Å². The zero-order valence-electron chi connectivity index (χ0n) is 17.0. The van der Waals surface area contributed by atoms with Crippen molar-refractivity contribution in [2.24, 2.45) is 0 Å². The molecule has 160 valence electrons. The van der Waals surface area contributed by atoms with Crippen molar-refractivity contribution in [1.29, 1.82) is 0 Å². The van der Waals surface area contributed by atoms with Crippen LogP contribution in [0.2, 0.25) is 5.02 Å². The first kappa shape index (κ1) is 21.3. The average molecular weight is 438 g/mol. The number of carbonyl (C=O) groups excluding carboxylic acids is 1. The summed E-state index contributed by atoms with van der Waals surface area (Å²) in [6.45, 7) is 0.307. The third-order valence-corrected chi connectivity index (χ3v) is 5.66. The molecule has 1 amide bonds. The molecule has 0 unspecified atom stereocenters. The number of nitrogens with one attached hydrogen (secondary N) is 1. The second-order valence-electron chi connectivity index (χ2n) is 7.67. The Morgan fingerprint density at radius 3 is 2.71 bits per heavy atom. The first-order chi connectivity index (χ1) is 15.1. The van der Waals surface area contributed by atoms with E-state index < -0.39 is 6.10 Å². The number of hydrogen-bond donors (Lipinski definition) is 2. The molecule has 1 saturated carbocycles. The summed E-state index contributed by atoms with van der Waals surface area (Å²) >= 11 is 6.04. The van der Waals surface area contributed by atoms with Crippen molar-refractivity contribution in [2.75, 3.05) is 0 Å². The Balaban J connectivity index is 1.59. The van der Waals surface area contributed by atoms with Gasteiger partial charge in [-0.25, -0.2) is 4.98 Å². The first-order valence-corrected chi connectivity index (χ1v) is 10.7. The molecular weight excluding hydrogens is 414 g/mol. The van der Waals surface area contributed by atoms with Crippen LogP contribution in [0.3, 0.4) is 0 Å². The quantitative estimate of drug-likeness (QED) is 0.596. The highest BCUT2D eigenvalue weighted by Gasteiger charge is 2.25. The summed E-state index contributed by atoms with van der Waals surface area (Å²) in [6.07, 6.45) is 7.90. The molecule has 1 fully saturated rings. The van der Waals surface area contributed by atoms with E-state index in [1.165, 1.54) is 6.20 Å². The van der Waals surface area contributed by atoms with Gasteiger partial charge in [-0.15, -0.1) is 0 Å². The molecule has 2 heterocycles. The van der Waals surface area contributed by atoms with Gasteiger partial charge >= 0.3 is 0 Å². The Bertz CT molecular complexity index is 1030. The van der Waals surface area contributed by atoms with Crippen molar-refractivity contribution in [1.82, 2.24) is 15.3 Å². The van der Waals surface area contributed by atoms with Crippen LogP contribution in [0.25, 0.3) is 11.1 Å². The van der Waals surface area contributed by atoms with Crippen molar-refractivity contribution in [2.45, 2.75) is 44.4 Å². The van der Waals surface area contributed by atoms with E-state index in [4.69, 9.17) is 16.3 Å². The fourth-order valence-corrected chi connectivity index (χ4v) is 3.82. The molecule has 7 heteroatoms. The van der Waals surface area contributed by atoms with E-state index in [1.807, 2.05) is 24.3 Å². The van der Waals surface area contributed by atoms with Gasteiger partial charge in [-0.2, -0.15) is 0 Å². The highest BCUT2D eigenvalue weighted by molar-refractivity contribution is 6.30. The number of rotatable bonds is 6. The third-order valence-electron chi connectivity index (χ3n) is 5.41. The molecule has 31 heavy (non-hydrogen) atoms. The number of ether oxygens (including phenoxy) is 1. The van der Waals surface area contributed by atoms with Gasteiger partial charge in [0.2, 0.25) is 5.88 Å². The van der Waals surface area contributed by atoms with Gasteiger partial charge in [-0.3, -0.25) is 9.78 Å². The monoisotopic (exact) mass is 437 g/mol. The second-order valence-corrected chi connectivity index (χ2v) is 8.10. The minimum absolute atomic E-state index is 0.235. The van der Waals surface area contributed by atoms with E-state index >= 15 is 0 Å². The summed E-state index contributed by atoms with van der Waals surface area (Å²) in [5.74, 6) is 0.160. The minimum atomic E-state index is -0.511. The minimum Gasteiger partial charge on any atom is -0.472 e. The van der Waals surface area contributed by atoms with Crippen LogP contribution in [-0.2, 0) is 6.61 Å². The number of aliphatic hydroxyl groups is 1. The standard InChI is InChI=1S/C24H24ClN3O3/c25-19-9-7-17(8-10-19)20-12-18(23(30)28-21-5-1-2-6-22(21)29)14-27-24(20)31-15-16-4-3-11-26-13-16/h3-4,7-14,21-22,29H,1-2,5-6,15H2,(H,28,30)/t21-,22-/m1/s1. The smallest absolute Gasteiger partial charge is 0.253 e. The molecule has 2 aromatic heterocycles. The Morgan fingerprint density at radius 2 is 1.97 bits per heavy atom. The number of benzene rings is 1. The lowest BCUT2D eigenvalue weighted by atomic mass is 9.92. The van der Waals surface area contributed by atoms with Crippen molar-refractivity contribution < 1.29 is 14.6 Å². The predicted molar refractivity (Wildman–Crippen MR) is 119 cm³/mol. The molecule has 0 saturated heterocycles. The van der Waals surface area contributed by atoms with Crippen molar-refractivity contribution in [3.8, 4) is 17.0 Å². The van der Waals surface area contributed by atoms with Gasteiger partial charge in [-0.05, 0) is 42.7 Å². The number of nitrogens with zero attached hydrogens (tertiary/aromatic N) is 2. The van der Waals surface area contributed by atoms with Crippen LogP contribution in [0.4, 0.5) is 0 Å². The molecule has 0 radical (unpaired) electrons. The molecule has 3 aromatic rings. The maximum Gasteiger partial charge on any atom is 0.253 e. The molecule has 0 aliphatic heterocycles. The van der Waals surface area contributed by atoms with E-state index in [0.29, 0.717) is 35.1 Å². The van der Waals surface area contributed by atoms with Crippen molar-refractivity contribution >= 4 is 17.5 Å². The third kappa shape index (κ3) is 5.40. The number of hydrogen-bond acceptors (Lipinski definition) is 5. The number of pyridine rings is 2. The van der Waals surface area contributed by atoms with Gasteiger partial charge in [0, 0.05) is 34.7 Å². The molecular formula is C24H24ClN3O3. The number of amides is 1. The summed E-state index contributed by atoms with van der Waals surface area (Å²) in [4.78, 5) is 21.4. The molecule has 0 spiro atoms. The summed E-state index contributed by atoms with van der Waals surface area (Å²) < 4.78 is 5.95. The van der Waals surface area contributed by atoms with Crippen LogP contribution in [0.5, 0.6) is 5.88 Å². The fraction of sp³-hybridized carbons (Fsp3) is 0.292. The Hall–Kier alpha value is -2.96. The largest absolute Gasteiger partial charge is 0.472 e. The lowest BCUT2D eigenvalue weighted by Crippen LogP contribution is -2.45. The van der Waals surface area contributed by atoms with Gasteiger partial charge in [0.15, 0.2) is 0 Å². The number of carbonyl (C=O) groups is 1. The van der Waals surface area contributed by atoms with Gasteiger partial charge in [0.1, 0.15) is 6.61 Å². The highest BCUT2D eigenvalue weighted by Crippen LogP contribution is 2.31. The second kappa shape index (κ2) is 9.90. The number of aliphatic hydroxyl groups excluding tert-OH is 1. The van der Waals surface area contributed by atoms with Crippen molar-refractivity contribution in [3.05, 3.63) is 77.2 Å². The average Bonchev–Trinajstić information content (AvgIpc) is 2.80. The lowest BCUT2D eigenvalue weighted by Gasteiger charge is -2.28. The Kier molecular flexibility index (Phi) is 6.79. The molecule has 6 nitrogen and oxygen atoms in total. The molecule has 1 aliphatic rings. The molecule has 1 aliphatic carbocycles. The lowest BCUT2D eigenvalue weighted by molar-refractivity contribution is 0.0717. The highest BCUT2D eigenvalue weighted by atomic mass is 35.5. The zero-order valence-corrected chi connectivity index (χ0v) is 17.8. The molecule has 1 aromatic carbocycles. The van der Waals surface area contributed by atoms with Crippen LogP contribution >= 0.6 is 11.6 Å². The van der Waals surface area contributed by atoms with Gasteiger partial charge < -0.3 is 15.2 Å². The summed E-state index contributed by atoms with van der Waals surface area (Å²) in [7, 11) is 0. The van der Waals surface area contributed by atoms with Gasteiger partial charge in [0.05, 0.1) is 17.7 Å². The normalized spacial score (nSPS) is 18.4. The SMILES string of the molecule is O=C(N[C@@H]1CCCC[C@H]1O)c1cnc(OCc2cccnc2)c(-c2ccc(Cl)cc2)c1. The maximum atomic E-state index is 12.9. The number of aromatic nitrogens is 2. The van der Waals surface area contributed by atoms with Crippen LogP contribution in [0.1, 0.15) is 41.6 Å². The Morgan fingerprint density at radius 1 is 1.16 bits per heavy atom. The van der Waals surface area contributed by atoms with E-state index in [9.17, 15) is 9.90 Å². The molecule has 4 rings (SSSR count). The van der Waals surface area contributed by atoms with E-state index in [0.717, 1.165) is 30.4 Å². The zero-order chi connectivity index (χ0) is 21.6. The maximum absolute atomic E-state index is 12.9. The summed E-state index contributed by atoms with van der Waals surface area (Å²) in [6, 6.07) is 12.6. The predicted octanol–water partition coefficient (Wildman–Crippen LogP) is 4.41. The summed E-state index contributed by atoms with van der Waals surface area (Å²) in [5, 5.41) is 13.7. The first-order valence-electron chi connectivity index (χ1n) is 10.4. The van der Waals surface area contributed by atoms with Crippen LogP contribution < -0.4 is 10.1 Å².